The Morgan fingerprint density at radius 1 is 1.13 bits per heavy atom. The molecule has 0 spiro atoms. The van der Waals surface area contributed by atoms with Gasteiger partial charge in [-0.05, 0) is 71.1 Å². The van der Waals surface area contributed by atoms with Crippen LogP contribution in [0.4, 0.5) is 10.6 Å². The van der Waals surface area contributed by atoms with Gasteiger partial charge in [0.1, 0.15) is 11.4 Å². The SMILES string of the molecule is CCOC(=O)CCNCCN(CCCc1ccc2c(n1)NCCC2)C(=O)OC(C)(C)C.COc1ccccn1. The van der Waals surface area contributed by atoms with E-state index < -0.39 is 5.60 Å². The van der Waals surface area contributed by atoms with E-state index in [1.165, 1.54) is 5.56 Å². The van der Waals surface area contributed by atoms with E-state index in [4.69, 9.17) is 19.2 Å². The van der Waals surface area contributed by atoms with Crippen LogP contribution in [0, 0.1) is 0 Å². The predicted octanol–water partition coefficient (Wildman–Crippen LogP) is 4.24. The number of hydrogen-bond donors (Lipinski definition) is 2. The van der Waals surface area contributed by atoms with Crippen molar-refractivity contribution < 1.29 is 23.8 Å². The molecule has 0 aliphatic carbocycles. The molecule has 2 N–H and O–H groups in total. The normalized spacial score (nSPS) is 12.2. The molecular weight excluding hydrogens is 498 g/mol. The maximum absolute atomic E-state index is 12.6. The average molecular weight is 544 g/mol. The fraction of sp³-hybridized carbons (Fsp3) is 0.586. The Labute approximate surface area is 232 Å². The summed E-state index contributed by atoms with van der Waals surface area (Å²) in [5.41, 5.74) is 1.77. The van der Waals surface area contributed by atoms with Crippen molar-refractivity contribution in [3.63, 3.8) is 0 Å². The van der Waals surface area contributed by atoms with Gasteiger partial charge in [-0.3, -0.25) is 4.79 Å². The van der Waals surface area contributed by atoms with Crippen LogP contribution >= 0.6 is 0 Å². The lowest BCUT2D eigenvalue weighted by Crippen LogP contribution is -2.41. The number of hydrogen-bond acceptors (Lipinski definition) is 9. The lowest BCUT2D eigenvalue weighted by Gasteiger charge is -2.27. The minimum atomic E-state index is -0.543. The van der Waals surface area contributed by atoms with Gasteiger partial charge >= 0.3 is 12.1 Å². The Hall–Kier alpha value is -3.40. The molecule has 0 bridgehead atoms. The molecule has 1 aliphatic rings. The summed E-state index contributed by atoms with van der Waals surface area (Å²) in [6.45, 7) is 10.9. The van der Waals surface area contributed by atoms with Gasteiger partial charge in [0.2, 0.25) is 5.88 Å². The quantitative estimate of drug-likeness (QED) is 0.300. The number of methoxy groups -OCH3 is 1. The molecule has 39 heavy (non-hydrogen) atoms. The molecule has 0 saturated heterocycles. The molecule has 0 atom stereocenters. The third-order valence-electron chi connectivity index (χ3n) is 5.68. The summed E-state index contributed by atoms with van der Waals surface area (Å²) in [7, 11) is 1.60. The van der Waals surface area contributed by atoms with Gasteiger partial charge in [-0.15, -0.1) is 0 Å². The molecule has 1 aliphatic heterocycles. The molecule has 3 heterocycles. The van der Waals surface area contributed by atoms with Crippen molar-refractivity contribution in [3.05, 3.63) is 47.8 Å². The number of carbonyl (C=O) groups is 2. The highest BCUT2D eigenvalue weighted by Gasteiger charge is 2.22. The number of amides is 1. The molecule has 0 saturated carbocycles. The van der Waals surface area contributed by atoms with E-state index in [0.29, 0.717) is 45.1 Å². The molecular formula is C29H45N5O5. The van der Waals surface area contributed by atoms with Crippen molar-refractivity contribution in [2.45, 2.75) is 65.4 Å². The van der Waals surface area contributed by atoms with Crippen molar-refractivity contribution >= 4 is 17.9 Å². The first kappa shape index (κ1) is 31.8. The fourth-order valence-electron chi connectivity index (χ4n) is 3.81. The first-order chi connectivity index (χ1) is 18.7. The number of rotatable bonds is 12. The summed E-state index contributed by atoms with van der Waals surface area (Å²) in [6.07, 6.45) is 5.51. The van der Waals surface area contributed by atoms with Crippen LogP contribution in [0.15, 0.2) is 36.5 Å². The summed E-state index contributed by atoms with van der Waals surface area (Å²) in [5, 5.41) is 6.56. The average Bonchev–Trinajstić information content (AvgIpc) is 2.91. The zero-order valence-electron chi connectivity index (χ0n) is 24.1. The zero-order valence-corrected chi connectivity index (χ0v) is 24.1. The smallest absolute Gasteiger partial charge is 0.410 e. The molecule has 10 nitrogen and oxygen atoms in total. The topological polar surface area (TPSA) is 115 Å². The number of aromatic nitrogens is 2. The van der Waals surface area contributed by atoms with Gasteiger partial charge in [0, 0.05) is 50.7 Å². The highest BCUT2D eigenvalue weighted by atomic mass is 16.6. The lowest BCUT2D eigenvalue weighted by molar-refractivity contribution is -0.142. The first-order valence-electron chi connectivity index (χ1n) is 13.7. The van der Waals surface area contributed by atoms with Gasteiger partial charge in [0.15, 0.2) is 0 Å². The lowest BCUT2D eigenvalue weighted by atomic mass is 10.1. The number of anilines is 1. The molecule has 0 unspecified atom stereocenters. The van der Waals surface area contributed by atoms with Crippen molar-refractivity contribution in [3.8, 4) is 5.88 Å². The van der Waals surface area contributed by atoms with Crippen LogP contribution in [0.3, 0.4) is 0 Å². The van der Waals surface area contributed by atoms with E-state index in [-0.39, 0.29) is 12.1 Å². The van der Waals surface area contributed by atoms with E-state index in [1.807, 2.05) is 32.9 Å². The molecule has 0 fully saturated rings. The summed E-state index contributed by atoms with van der Waals surface area (Å²) < 4.78 is 15.3. The van der Waals surface area contributed by atoms with Crippen LogP contribution in [0.2, 0.25) is 0 Å². The molecule has 2 aromatic heterocycles. The maximum atomic E-state index is 12.6. The van der Waals surface area contributed by atoms with Crippen molar-refractivity contribution in [1.29, 1.82) is 0 Å². The Morgan fingerprint density at radius 2 is 1.95 bits per heavy atom. The van der Waals surface area contributed by atoms with Crippen LogP contribution in [-0.4, -0.2) is 79.0 Å². The van der Waals surface area contributed by atoms with Gasteiger partial charge in [-0.25, -0.2) is 14.8 Å². The predicted molar refractivity (Wildman–Crippen MR) is 152 cm³/mol. The van der Waals surface area contributed by atoms with Crippen LogP contribution < -0.4 is 15.4 Å². The summed E-state index contributed by atoms with van der Waals surface area (Å²) >= 11 is 0. The van der Waals surface area contributed by atoms with E-state index in [2.05, 4.69) is 27.8 Å². The number of nitrogens with one attached hydrogen (secondary N) is 2. The van der Waals surface area contributed by atoms with Crippen LogP contribution in [0.25, 0.3) is 0 Å². The third-order valence-corrected chi connectivity index (χ3v) is 5.68. The maximum Gasteiger partial charge on any atom is 0.410 e. The molecule has 2 aromatic rings. The van der Waals surface area contributed by atoms with Crippen molar-refractivity contribution in [2.75, 3.05) is 51.8 Å². The second kappa shape index (κ2) is 17.2. The highest BCUT2D eigenvalue weighted by Crippen LogP contribution is 2.20. The standard InChI is InChI=1S/C23H38N4O4.C6H7NO/c1-5-30-20(28)12-14-24-15-17-27(22(29)31-23(2,3)4)16-7-9-19-11-10-18-8-6-13-25-21(18)26-19;1-8-6-4-2-3-5-7-6/h10-11,24H,5-9,12-17H2,1-4H3,(H,25,26);2-5H,1H3. The molecule has 0 radical (unpaired) electrons. The number of fused-ring (bicyclic) bond motifs is 1. The second-order valence-corrected chi connectivity index (χ2v) is 10.1. The van der Waals surface area contributed by atoms with Gasteiger partial charge in [0.25, 0.3) is 0 Å². The van der Waals surface area contributed by atoms with E-state index in [0.717, 1.165) is 43.7 Å². The van der Waals surface area contributed by atoms with Gasteiger partial charge < -0.3 is 29.7 Å². The molecule has 216 valence electrons. The molecule has 3 rings (SSSR count). The number of esters is 1. The number of ether oxygens (including phenoxy) is 3. The van der Waals surface area contributed by atoms with Crippen LogP contribution in [-0.2, 0) is 27.1 Å². The van der Waals surface area contributed by atoms with E-state index in [9.17, 15) is 9.59 Å². The minimum Gasteiger partial charge on any atom is -0.481 e. The van der Waals surface area contributed by atoms with Gasteiger partial charge in [-0.2, -0.15) is 0 Å². The highest BCUT2D eigenvalue weighted by molar-refractivity contribution is 5.69. The minimum absolute atomic E-state index is 0.217. The molecule has 0 aromatic carbocycles. The van der Waals surface area contributed by atoms with E-state index >= 15 is 0 Å². The van der Waals surface area contributed by atoms with Crippen molar-refractivity contribution in [1.82, 2.24) is 20.2 Å². The Morgan fingerprint density at radius 3 is 2.62 bits per heavy atom. The van der Waals surface area contributed by atoms with E-state index in [1.54, 1.807) is 31.2 Å². The third kappa shape index (κ3) is 13.3. The number of carbonyl (C=O) groups excluding carboxylic acids is 2. The Bertz CT molecular complexity index is 997. The van der Waals surface area contributed by atoms with Crippen molar-refractivity contribution in [2.24, 2.45) is 0 Å². The molecule has 1 amide bonds. The van der Waals surface area contributed by atoms with Crippen LogP contribution in [0.5, 0.6) is 5.88 Å². The number of aryl methyl sites for hydroxylation is 2. The monoisotopic (exact) mass is 543 g/mol. The van der Waals surface area contributed by atoms with Crippen LogP contribution in [0.1, 0.15) is 58.2 Å². The zero-order chi connectivity index (χ0) is 28.5. The summed E-state index contributed by atoms with van der Waals surface area (Å²) in [5.74, 6) is 1.44. The number of nitrogens with zero attached hydrogens (tertiary/aromatic N) is 3. The first-order valence-corrected chi connectivity index (χ1v) is 13.7. The Balaban J connectivity index is 0.000000568. The number of pyridine rings is 2. The van der Waals surface area contributed by atoms with Gasteiger partial charge in [-0.1, -0.05) is 12.1 Å². The van der Waals surface area contributed by atoms with Gasteiger partial charge in [0.05, 0.1) is 20.1 Å². The fourth-order valence-corrected chi connectivity index (χ4v) is 3.81. The summed E-state index contributed by atoms with van der Waals surface area (Å²) in [6, 6.07) is 9.78. The largest absolute Gasteiger partial charge is 0.481 e. The summed E-state index contributed by atoms with van der Waals surface area (Å²) in [4.78, 5) is 34.4. The second-order valence-electron chi connectivity index (χ2n) is 10.1. The molecule has 10 heteroatoms. The Kier molecular flexibility index (Phi) is 14.1.